The van der Waals surface area contributed by atoms with Gasteiger partial charge < -0.3 is 18.9 Å². The van der Waals surface area contributed by atoms with Crippen LogP contribution in [0.2, 0.25) is 0 Å². The molecule has 0 aliphatic rings. The number of ether oxygens (including phenoxy) is 4. The van der Waals surface area contributed by atoms with Crippen molar-refractivity contribution >= 4 is 12.6 Å². The summed E-state index contributed by atoms with van der Waals surface area (Å²) in [5, 5.41) is 0. The van der Waals surface area contributed by atoms with Crippen LogP contribution in [0.25, 0.3) is 11.1 Å². The van der Waals surface area contributed by atoms with Gasteiger partial charge in [-0.3, -0.25) is 9.59 Å². The van der Waals surface area contributed by atoms with E-state index in [1.165, 1.54) is 28.4 Å². The van der Waals surface area contributed by atoms with Crippen LogP contribution in [0, 0.1) is 0 Å². The Morgan fingerprint density at radius 1 is 0.583 bits per heavy atom. The molecule has 126 valence electrons. The van der Waals surface area contributed by atoms with Crippen molar-refractivity contribution < 1.29 is 28.5 Å². The Hall–Kier alpha value is -3.02. The number of carbonyl (C=O) groups is 2. The number of carbonyl (C=O) groups excluding carboxylic acids is 2. The van der Waals surface area contributed by atoms with Gasteiger partial charge in [0.1, 0.15) is 23.0 Å². The van der Waals surface area contributed by atoms with Crippen molar-refractivity contribution in [1.82, 2.24) is 0 Å². The predicted molar refractivity (Wildman–Crippen MR) is 88.9 cm³/mol. The van der Waals surface area contributed by atoms with Gasteiger partial charge in [-0.1, -0.05) is 0 Å². The Labute approximate surface area is 139 Å². The Balaban J connectivity index is 2.79. The van der Waals surface area contributed by atoms with E-state index in [0.717, 1.165) is 0 Å². The SMILES string of the molecule is COc1cc(-c2cc(OC)c(C=O)cc2OC)c(OC)cc1C=O. The van der Waals surface area contributed by atoms with E-state index in [-0.39, 0.29) is 0 Å². The molecule has 6 heteroatoms. The molecule has 0 aliphatic carbocycles. The van der Waals surface area contributed by atoms with Gasteiger partial charge in [0, 0.05) is 11.1 Å². The lowest BCUT2D eigenvalue weighted by atomic mass is 9.99. The van der Waals surface area contributed by atoms with E-state index in [1.54, 1.807) is 24.3 Å². The molecule has 0 atom stereocenters. The maximum atomic E-state index is 11.2. The molecule has 0 fully saturated rings. The third-order valence-corrected chi connectivity index (χ3v) is 3.65. The Morgan fingerprint density at radius 3 is 1.17 bits per heavy atom. The number of hydrogen-bond acceptors (Lipinski definition) is 6. The molecule has 24 heavy (non-hydrogen) atoms. The zero-order valence-corrected chi connectivity index (χ0v) is 13.9. The average molecular weight is 330 g/mol. The lowest BCUT2D eigenvalue weighted by Gasteiger charge is -2.17. The zero-order valence-electron chi connectivity index (χ0n) is 13.9. The maximum Gasteiger partial charge on any atom is 0.153 e. The highest BCUT2D eigenvalue weighted by Crippen LogP contribution is 2.42. The molecular formula is C18H18O6. The molecule has 0 N–H and O–H groups in total. The molecular weight excluding hydrogens is 312 g/mol. The van der Waals surface area contributed by atoms with Gasteiger partial charge in [-0.25, -0.2) is 0 Å². The molecule has 0 amide bonds. The molecule has 2 aromatic carbocycles. The van der Waals surface area contributed by atoms with E-state index in [2.05, 4.69) is 0 Å². The topological polar surface area (TPSA) is 71.1 Å². The number of methoxy groups -OCH3 is 4. The van der Waals surface area contributed by atoms with Crippen LogP contribution in [-0.4, -0.2) is 41.0 Å². The summed E-state index contributed by atoms with van der Waals surface area (Å²) in [5.41, 5.74) is 2.03. The first kappa shape index (κ1) is 17.3. The van der Waals surface area contributed by atoms with Gasteiger partial charge in [0.2, 0.25) is 0 Å². The molecule has 0 spiro atoms. The van der Waals surface area contributed by atoms with Crippen molar-refractivity contribution in [2.75, 3.05) is 28.4 Å². The van der Waals surface area contributed by atoms with E-state index in [0.29, 0.717) is 57.8 Å². The van der Waals surface area contributed by atoms with Crippen molar-refractivity contribution in [3.05, 3.63) is 35.4 Å². The van der Waals surface area contributed by atoms with Crippen LogP contribution in [0.4, 0.5) is 0 Å². The zero-order chi connectivity index (χ0) is 17.7. The summed E-state index contributed by atoms with van der Waals surface area (Å²) in [4.78, 5) is 22.4. The minimum atomic E-state index is 0.369. The van der Waals surface area contributed by atoms with Crippen molar-refractivity contribution in [2.45, 2.75) is 0 Å². The van der Waals surface area contributed by atoms with Crippen molar-refractivity contribution in [1.29, 1.82) is 0 Å². The van der Waals surface area contributed by atoms with Gasteiger partial charge >= 0.3 is 0 Å². The summed E-state index contributed by atoms with van der Waals surface area (Å²) in [6.45, 7) is 0. The van der Waals surface area contributed by atoms with Crippen LogP contribution < -0.4 is 18.9 Å². The van der Waals surface area contributed by atoms with Crippen LogP contribution >= 0.6 is 0 Å². The Bertz CT molecular complexity index is 701. The third kappa shape index (κ3) is 3.03. The van der Waals surface area contributed by atoms with Crippen LogP contribution in [0.15, 0.2) is 24.3 Å². The summed E-state index contributed by atoms with van der Waals surface area (Å²) in [6.07, 6.45) is 1.39. The Morgan fingerprint density at radius 2 is 0.917 bits per heavy atom. The second-order valence-corrected chi connectivity index (χ2v) is 4.82. The number of aldehydes is 2. The minimum absolute atomic E-state index is 0.369. The number of hydrogen-bond donors (Lipinski definition) is 0. The van der Waals surface area contributed by atoms with Gasteiger partial charge in [-0.15, -0.1) is 0 Å². The summed E-state index contributed by atoms with van der Waals surface area (Å²) in [5.74, 6) is 1.75. The van der Waals surface area contributed by atoms with Crippen LogP contribution in [0.1, 0.15) is 20.7 Å². The molecule has 0 unspecified atom stereocenters. The molecule has 2 aromatic rings. The van der Waals surface area contributed by atoms with E-state index in [9.17, 15) is 9.59 Å². The first-order chi connectivity index (χ1) is 11.6. The maximum absolute atomic E-state index is 11.2. The fraction of sp³-hybridized carbons (Fsp3) is 0.222. The smallest absolute Gasteiger partial charge is 0.153 e. The van der Waals surface area contributed by atoms with Crippen molar-refractivity contribution in [3.63, 3.8) is 0 Å². The monoisotopic (exact) mass is 330 g/mol. The van der Waals surface area contributed by atoms with Gasteiger partial charge in [0.15, 0.2) is 12.6 Å². The number of benzene rings is 2. The predicted octanol–water partition coefficient (Wildman–Crippen LogP) is 3.01. The molecule has 0 aromatic heterocycles. The summed E-state index contributed by atoms with van der Waals surface area (Å²) in [7, 11) is 5.96. The highest BCUT2D eigenvalue weighted by atomic mass is 16.5. The molecule has 2 rings (SSSR count). The lowest BCUT2D eigenvalue weighted by Crippen LogP contribution is -1.99. The number of rotatable bonds is 7. The standard InChI is InChI=1S/C18H18O6/c1-21-15-7-13(17(23-3)5-11(15)9-19)14-8-16(22-2)12(10-20)6-18(14)24-4/h5-10H,1-4H3. The first-order valence-corrected chi connectivity index (χ1v) is 7.06. The average Bonchev–Trinajstić information content (AvgIpc) is 2.65. The molecule has 0 saturated heterocycles. The summed E-state index contributed by atoms with van der Waals surface area (Å²) < 4.78 is 21.3. The lowest BCUT2D eigenvalue weighted by molar-refractivity contribution is 0.111. The summed E-state index contributed by atoms with van der Waals surface area (Å²) >= 11 is 0. The fourth-order valence-electron chi connectivity index (χ4n) is 2.45. The quantitative estimate of drug-likeness (QED) is 0.727. The molecule has 0 aliphatic heterocycles. The van der Waals surface area contributed by atoms with Gasteiger partial charge in [-0.2, -0.15) is 0 Å². The molecule has 0 saturated carbocycles. The summed E-state index contributed by atoms with van der Waals surface area (Å²) in [6, 6.07) is 6.53. The van der Waals surface area contributed by atoms with Crippen LogP contribution in [-0.2, 0) is 0 Å². The molecule has 0 heterocycles. The van der Waals surface area contributed by atoms with Crippen molar-refractivity contribution in [3.8, 4) is 34.1 Å². The van der Waals surface area contributed by atoms with E-state index >= 15 is 0 Å². The normalized spacial score (nSPS) is 10.0. The van der Waals surface area contributed by atoms with Crippen molar-refractivity contribution in [2.24, 2.45) is 0 Å². The largest absolute Gasteiger partial charge is 0.496 e. The highest BCUT2D eigenvalue weighted by molar-refractivity contribution is 5.89. The van der Waals surface area contributed by atoms with Gasteiger partial charge in [0.05, 0.1) is 39.6 Å². The van der Waals surface area contributed by atoms with Crippen LogP contribution in [0.3, 0.4) is 0 Å². The Kier molecular flexibility index (Phi) is 5.42. The second kappa shape index (κ2) is 7.50. The molecule has 0 radical (unpaired) electrons. The van der Waals surface area contributed by atoms with Crippen LogP contribution in [0.5, 0.6) is 23.0 Å². The third-order valence-electron chi connectivity index (χ3n) is 3.65. The molecule has 6 nitrogen and oxygen atoms in total. The highest BCUT2D eigenvalue weighted by Gasteiger charge is 2.18. The fourth-order valence-corrected chi connectivity index (χ4v) is 2.45. The van der Waals surface area contributed by atoms with E-state index < -0.39 is 0 Å². The van der Waals surface area contributed by atoms with Gasteiger partial charge in [-0.05, 0) is 24.3 Å². The van der Waals surface area contributed by atoms with Gasteiger partial charge in [0.25, 0.3) is 0 Å². The first-order valence-electron chi connectivity index (χ1n) is 7.06. The minimum Gasteiger partial charge on any atom is -0.496 e. The van der Waals surface area contributed by atoms with E-state index in [1.807, 2.05) is 0 Å². The second-order valence-electron chi connectivity index (χ2n) is 4.82. The van der Waals surface area contributed by atoms with E-state index in [4.69, 9.17) is 18.9 Å². The molecule has 0 bridgehead atoms.